The molecule has 1 unspecified atom stereocenters. The number of carbonyl (C=O) groups excluding carboxylic acids is 1. The number of hydrogen-bond acceptors (Lipinski definition) is 2. The Morgan fingerprint density at radius 1 is 1.47 bits per heavy atom. The monoisotopic (exact) mass is 330 g/mol. The third-order valence-corrected chi connectivity index (χ3v) is 3.22. The lowest BCUT2D eigenvalue weighted by Gasteiger charge is -2.13. The highest BCUT2D eigenvalue weighted by Gasteiger charge is 2.32. The first-order chi connectivity index (χ1) is 7.77. The summed E-state index contributed by atoms with van der Waals surface area (Å²) in [4.78, 5) is 10.2. The molecule has 94 valence electrons. The van der Waals surface area contributed by atoms with Crippen molar-refractivity contribution in [2.24, 2.45) is 0 Å². The summed E-state index contributed by atoms with van der Waals surface area (Å²) in [5.41, 5.74) is -0.849. The largest absolute Gasteiger partial charge is 0.468 e. The minimum Gasteiger partial charge on any atom is -0.468 e. The lowest BCUT2D eigenvalue weighted by molar-refractivity contribution is -0.140. The standard InChI is InChI=1S/C10H7BrClF3O2/c1-17-9(16)8(11)6-4-5(10(13,14)15)2-3-7(6)12/h2-4,8H,1H3. The van der Waals surface area contributed by atoms with Crippen LogP contribution in [0.3, 0.4) is 0 Å². The smallest absolute Gasteiger partial charge is 0.416 e. The number of ether oxygens (including phenoxy) is 1. The molecular formula is C10H7BrClF3O2. The van der Waals surface area contributed by atoms with E-state index in [4.69, 9.17) is 11.6 Å². The van der Waals surface area contributed by atoms with Crippen LogP contribution in [0.25, 0.3) is 0 Å². The van der Waals surface area contributed by atoms with E-state index in [9.17, 15) is 18.0 Å². The molecule has 0 fully saturated rings. The Bertz CT molecular complexity index is 434. The van der Waals surface area contributed by atoms with Gasteiger partial charge < -0.3 is 4.74 Å². The highest BCUT2D eigenvalue weighted by Crippen LogP contribution is 2.36. The van der Waals surface area contributed by atoms with Crippen molar-refractivity contribution in [2.75, 3.05) is 7.11 Å². The van der Waals surface area contributed by atoms with Crippen LogP contribution in [0.5, 0.6) is 0 Å². The summed E-state index contributed by atoms with van der Waals surface area (Å²) in [7, 11) is 1.14. The van der Waals surface area contributed by atoms with Crippen LogP contribution in [0.2, 0.25) is 5.02 Å². The van der Waals surface area contributed by atoms with E-state index >= 15 is 0 Å². The van der Waals surface area contributed by atoms with E-state index in [0.717, 1.165) is 25.3 Å². The van der Waals surface area contributed by atoms with E-state index in [1.807, 2.05) is 0 Å². The van der Waals surface area contributed by atoms with Crippen LogP contribution in [-0.4, -0.2) is 13.1 Å². The van der Waals surface area contributed by atoms with E-state index in [1.54, 1.807) is 0 Å². The predicted molar refractivity (Wildman–Crippen MR) is 60.1 cm³/mol. The highest BCUT2D eigenvalue weighted by atomic mass is 79.9. The molecule has 0 heterocycles. The van der Waals surface area contributed by atoms with Crippen molar-refractivity contribution in [3.8, 4) is 0 Å². The average molecular weight is 332 g/mol. The Morgan fingerprint density at radius 2 is 2.06 bits per heavy atom. The summed E-state index contributed by atoms with van der Waals surface area (Å²) in [6.45, 7) is 0. The molecule has 0 radical (unpaired) electrons. The van der Waals surface area contributed by atoms with Crippen LogP contribution < -0.4 is 0 Å². The normalized spacial score (nSPS) is 13.3. The average Bonchev–Trinajstić information content (AvgIpc) is 2.26. The maximum atomic E-state index is 12.5. The topological polar surface area (TPSA) is 26.3 Å². The van der Waals surface area contributed by atoms with Gasteiger partial charge in [0.2, 0.25) is 0 Å². The molecule has 1 aromatic rings. The van der Waals surface area contributed by atoms with Crippen LogP contribution in [0, 0.1) is 0 Å². The third-order valence-electron chi connectivity index (χ3n) is 2.00. The predicted octanol–water partition coefficient (Wildman–Crippen LogP) is 3.97. The van der Waals surface area contributed by atoms with Gasteiger partial charge in [-0.1, -0.05) is 27.5 Å². The van der Waals surface area contributed by atoms with Gasteiger partial charge >= 0.3 is 12.1 Å². The molecule has 1 atom stereocenters. The molecule has 7 heteroatoms. The molecule has 1 rings (SSSR count). The summed E-state index contributed by atoms with van der Waals surface area (Å²) >= 11 is 8.67. The number of benzene rings is 1. The van der Waals surface area contributed by atoms with Crippen molar-refractivity contribution in [3.63, 3.8) is 0 Å². The molecular weight excluding hydrogens is 324 g/mol. The van der Waals surface area contributed by atoms with Crippen molar-refractivity contribution in [1.82, 2.24) is 0 Å². The number of hydrogen-bond donors (Lipinski definition) is 0. The lowest BCUT2D eigenvalue weighted by Crippen LogP contribution is -2.11. The Balaban J connectivity index is 3.20. The zero-order chi connectivity index (χ0) is 13.2. The molecule has 0 bridgehead atoms. The Morgan fingerprint density at radius 3 is 2.53 bits per heavy atom. The van der Waals surface area contributed by atoms with Gasteiger partial charge in [0.1, 0.15) is 4.83 Å². The second kappa shape index (κ2) is 5.27. The summed E-state index contributed by atoms with van der Waals surface area (Å²) in [6, 6.07) is 2.76. The third kappa shape index (κ3) is 3.35. The van der Waals surface area contributed by atoms with Gasteiger partial charge in [-0.2, -0.15) is 13.2 Å². The summed E-state index contributed by atoms with van der Waals surface area (Å²) in [5, 5.41) is 0.0604. The van der Waals surface area contributed by atoms with Crippen molar-refractivity contribution < 1.29 is 22.7 Å². The minimum absolute atomic E-state index is 0.0216. The quantitative estimate of drug-likeness (QED) is 0.605. The molecule has 0 aliphatic carbocycles. The van der Waals surface area contributed by atoms with Crippen LogP contribution in [0.15, 0.2) is 18.2 Å². The first-order valence-electron chi connectivity index (χ1n) is 4.36. The molecule has 0 aliphatic heterocycles. The molecule has 0 amide bonds. The van der Waals surface area contributed by atoms with Gasteiger partial charge in [-0.05, 0) is 23.8 Å². The number of carbonyl (C=O) groups is 1. The second-order valence-electron chi connectivity index (χ2n) is 3.12. The van der Waals surface area contributed by atoms with Gasteiger partial charge in [0, 0.05) is 5.02 Å². The van der Waals surface area contributed by atoms with Crippen molar-refractivity contribution in [1.29, 1.82) is 0 Å². The van der Waals surface area contributed by atoms with Crippen LogP contribution in [0.4, 0.5) is 13.2 Å². The zero-order valence-electron chi connectivity index (χ0n) is 8.52. The number of esters is 1. The van der Waals surface area contributed by atoms with E-state index in [1.165, 1.54) is 0 Å². The van der Waals surface area contributed by atoms with Gasteiger partial charge in [-0.15, -0.1) is 0 Å². The summed E-state index contributed by atoms with van der Waals surface area (Å²) in [5.74, 6) is -0.716. The fourth-order valence-electron chi connectivity index (χ4n) is 1.14. The maximum absolute atomic E-state index is 12.5. The number of halogens is 5. The molecule has 0 N–H and O–H groups in total. The molecule has 1 aromatic carbocycles. The van der Waals surface area contributed by atoms with Gasteiger partial charge in [0.15, 0.2) is 0 Å². The molecule has 0 aliphatic rings. The molecule has 0 spiro atoms. The molecule has 2 nitrogen and oxygen atoms in total. The van der Waals surface area contributed by atoms with Gasteiger partial charge in [-0.3, -0.25) is 4.79 Å². The Labute approximate surface area is 109 Å². The fourth-order valence-corrected chi connectivity index (χ4v) is 2.07. The van der Waals surface area contributed by atoms with Gasteiger partial charge in [0.05, 0.1) is 12.7 Å². The van der Waals surface area contributed by atoms with Crippen molar-refractivity contribution in [2.45, 2.75) is 11.0 Å². The molecule has 0 aromatic heterocycles. The van der Waals surface area contributed by atoms with E-state index < -0.39 is 22.5 Å². The minimum atomic E-state index is -4.48. The van der Waals surface area contributed by atoms with Crippen LogP contribution in [-0.2, 0) is 15.7 Å². The second-order valence-corrected chi connectivity index (χ2v) is 4.44. The van der Waals surface area contributed by atoms with Crippen LogP contribution in [0.1, 0.15) is 16.0 Å². The van der Waals surface area contributed by atoms with Crippen molar-refractivity contribution >= 4 is 33.5 Å². The molecule has 0 saturated heterocycles. The van der Waals surface area contributed by atoms with Gasteiger partial charge in [0.25, 0.3) is 0 Å². The highest BCUT2D eigenvalue weighted by molar-refractivity contribution is 9.09. The van der Waals surface area contributed by atoms with Crippen LogP contribution >= 0.6 is 27.5 Å². The Kier molecular flexibility index (Phi) is 4.43. The SMILES string of the molecule is COC(=O)C(Br)c1cc(C(F)(F)F)ccc1Cl. The number of alkyl halides is 4. The Hall–Kier alpha value is -0.750. The molecule has 0 saturated carbocycles. The summed E-state index contributed by atoms with van der Waals surface area (Å²) < 4.78 is 41.8. The van der Waals surface area contributed by atoms with E-state index in [0.29, 0.717) is 0 Å². The number of rotatable bonds is 2. The first kappa shape index (κ1) is 14.3. The van der Waals surface area contributed by atoms with E-state index in [2.05, 4.69) is 20.7 Å². The zero-order valence-corrected chi connectivity index (χ0v) is 10.9. The van der Waals surface area contributed by atoms with E-state index in [-0.39, 0.29) is 10.6 Å². The number of methoxy groups -OCH3 is 1. The van der Waals surface area contributed by atoms with Crippen molar-refractivity contribution in [3.05, 3.63) is 34.3 Å². The molecule has 17 heavy (non-hydrogen) atoms. The fraction of sp³-hybridized carbons (Fsp3) is 0.300. The maximum Gasteiger partial charge on any atom is 0.416 e. The lowest BCUT2D eigenvalue weighted by atomic mass is 10.1. The summed E-state index contributed by atoms with van der Waals surface area (Å²) in [6.07, 6.45) is -4.48. The first-order valence-corrected chi connectivity index (χ1v) is 5.65. The van der Waals surface area contributed by atoms with Gasteiger partial charge in [-0.25, -0.2) is 0 Å².